The van der Waals surface area contributed by atoms with Gasteiger partial charge in [0.2, 0.25) is 11.8 Å². The van der Waals surface area contributed by atoms with Gasteiger partial charge in [0.25, 0.3) is 0 Å². The molecule has 5 nitrogen and oxygen atoms in total. The van der Waals surface area contributed by atoms with Gasteiger partial charge in [-0.05, 0) is 24.6 Å². The Hall–Kier alpha value is -1.63. The lowest BCUT2D eigenvalue weighted by Gasteiger charge is -2.16. The molecule has 8 heteroatoms. The number of anilines is 1. The highest BCUT2D eigenvalue weighted by Crippen LogP contribution is 2.28. The fourth-order valence-electron chi connectivity index (χ4n) is 2.09. The maximum Gasteiger partial charge on any atom is 0.240 e. The summed E-state index contributed by atoms with van der Waals surface area (Å²) in [6, 6.07) is 3.94. The average molecular weight is 388 g/mol. The van der Waals surface area contributed by atoms with Crippen LogP contribution in [0.15, 0.2) is 22.7 Å². The van der Waals surface area contributed by atoms with Crippen molar-refractivity contribution in [3.63, 3.8) is 0 Å². The van der Waals surface area contributed by atoms with Crippen molar-refractivity contribution in [2.24, 2.45) is 0 Å². The molecule has 0 saturated heterocycles. The van der Waals surface area contributed by atoms with E-state index in [1.807, 2.05) is 20.8 Å². The van der Waals surface area contributed by atoms with E-state index in [0.717, 1.165) is 5.69 Å². The van der Waals surface area contributed by atoms with Crippen LogP contribution in [0.2, 0.25) is 10.0 Å². The number of benzene rings is 1. The lowest BCUT2D eigenvalue weighted by Crippen LogP contribution is -2.30. The third kappa shape index (κ3) is 5.17. The van der Waals surface area contributed by atoms with E-state index in [9.17, 15) is 9.18 Å². The molecule has 0 fully saturated rings. The van der Waals surface area contributed by atoms with Crippen molar-refractivity contribution in [3.05, 3.63) is 45.3 Å². The van der Waals surface area contributed by atoms with E-state index in [2.05, 4.69) is 15.8 Å². The number of aromatic nitrogens is 1. The van der Waals surface area contributed by atoms with Gasteiger partial charge in [-0.3, -0.25) is 10.1 Å². The average Bonchev–Trinajstić information content (AvgIpc) is 2.97. The highest BCUT2D eigenvalue weighted by molar-refractivity contribution is 6.35. The van der Waals surface area contributed by atoms with Crippen molar-refractivity contribution in [3.8, 4) is 0 Å². The first kappa shape index (κ1) is 19.7. The van der Waals surface area contributed by atoms with Gasteiger partial charge >= 0.3 is 0 Å². The molecule has 2 aromatic rings. The van der Waals surface area contributed by atoms with Crippen LogP contribution in [-0.4, -0.2) is 17.6 Å². The molecule has 0 saturated carbocycles. The molecule has 1 aromatic carbocycles. The fourth-order valence-corrected chi connectivity index (χ4v) is 2.64. The minimum Gasteiger partial charge on any atom is -0.338 e. The van der Waals surface area contributed by atoms with Crippen molar-refractivity contribution < 1.29 is 13.7 Å². The predicted octanol–water partition coefficient (Wildman–Crippen LogP) is 4.71. The maximum atomic E-state index is 13.6. The van der Waals surface area contributed by atoms with E-state index in [4.69, 9.17) is 27.7 Å². The molecule has 0 aliphatic heterocycles. The Balaban J connectivity index is 1.93. The molecule has 2 rings (SSSR count). The lowest BCUT2D eigenvalue weighted by atomic mass is 9.92. The van der Waals surface area contributed by atoms with Crippen molar-refractivity contribution in [2.75, 3.05) is 11.9 Å². The maximum absolute atomic E-state index is 13.6. The molecule has 0 bridgehead atoms. The smallest absolute Gasteiger partial charge is 0.240 e. The Bertz CT molecular complexity index is 772. The van der Waals surface area contributed by atoms with Crippen molar-refractivity contribution in [1.82, 2.24) is 10.5 Å². The Labute approximate surface area is 155 Å². The van der Waals surface area contributed by atoms with Gasteiger partial charge < -0.3 is 9.84 Å². The van der Waals surface area contributed by atoms with Gasteiger partial charge in [0.05, 0.1) is 17.3 Å². The van der Waals surface area contributed by atoms with Gasteiger partial charge in [-0.25, -0.2) is 4.39 Å². The molecule has 0 aliphatic rings. The van der Waals surface area contributed by atoms with Crippen LogP contribution in [0.1, 0.15) is 45.0 Å². The number of rotatable bonds is 5. The Morgan fingerprint density at radius 1 is 1.28 bits per heavy atom. The van der Waals surface area contributed by atoms with E-state index in [-0.39, 0.29) is 34.8 Å². The van der Waals surface area contributed by atoms with Gasteiger partial charge in [-0.1, -0.05) is 49.1 Å². The number of nitrogens with one attached hydrogen (secondary N) is 2. The molecule has 1 heterocycles. The summed E-state index contributed by atoms with van der Waals surface area (Å²) in [6.45, 7) is 7.75. The zero-order valence-corrected chi connectivity index (χ0v) is 15.9. The second-order valence-electron chi connectivity index (χ2n) is 6.76. The largest absolute Gasteiger partial charge is 0.338 e. The third-order valence-corrected chi connectivity index (χ3v) is 4.23. The van der Waals surface area contributed by atoms with Crippen molar-refractivity contribution >= 4 is 35.0 Å². The van der Waals surface area contributed by atoms with Crippen LogP contribution < -0.4 is 10.6 Å². The summed E-state index contributed by atoms with van der Waals surface area (Å²) in [5.74, 6) is -0.593. The predicted molar refractivity (Wildman–Crippen MR) is 96.7 cm³/mol. The number of carbonyl (C=O) groups excluding carboxylic acids is 1. The molecule has 0 unspecified atom stereocenters. The molecule has 25 heavy (non-hydrogen) atoms. The van der Waals surface area contributed by atoms with Crippen LogP contribution in [0.5, 0.6) is 0 Å². The highest BCUT2D eigenvalue weighted by Gasteiger charge is 2.20. The van der Waals surface area contributed by atoms with Crippen LogP contribution in [-0.2, 0) is 10.2 Å². The Morgan fingerprint density at radius 2 is 1.96 bits per heavy atom. The minimum absolute atomic E-state index is 0.00665. The molecular formula is C17H20Cl2FN3O2. The molecule has 1 amide bonds. The summed E-state index contributed by atoms with van der Waals surface area (Å²) in [6.07, 6.45) is 0. The van der Waals surface area contributed by atoms with E-state index >= 15 is 0 Å². The summed E-state index contributed by atoms with van der Waals surface area (Å²) >= 11 is 11.8. The zero-order chi connectivity index (χ0) is 18.8. The Morgan fingerprint density at radius 3 is 2.56 bits per heavy atom. The number of amides is 1. The number of carbonyl (C=O) groups is 1. The SMILES string of the molecule is C[C@@H](NCC(=O)Nc1cc(C(C)(C)C)no1)c1cc(F)c(Cl)cc1Cl. The van der Waals surface area contributed by atoms with Gasteiger partial charge in [0.1, 0.15) is 5.82 Å². The van der Waals surface area contributed by atoms with Gasteiger partial charge in [-0.2, -0.15) is 0 Å². The van der Waals surface area contributed by atoms with E-state index in [1.54, 1.807) is 13.0 Å². The molecule has 0 radical (unpaired) electrons. The first-order chi connectivity index (χ1) is 11.6. The van der Waals surface area contributed by atoms with E-state index in [1.165, 1.54) is 12.1 Å². The summed E-state index contributed by atoms with van der Waals surface area (Å²) in [5, 5.41) is 9.81. The molecule has 0 spiro atoms. The van der Waals surface area contributed by atoms with Crippen LogP contribution in [0.3, 0.4) is 0 Å². The monoisotopic (exact) mass is 387 g/mol. The molecule has 2 N–H and O–H groups in total. The topological polar surface area (TPSA) is 67.2 Å². The van der Waals surface area contributed by atoms with E-state index < -0.39 is 5.82 Å². The molecule has 1 aromatic heterocycles. The standard InChI is InChI=1S/C17H20Cl2FN3O2/c1-9(10-5-13(20)12(19)6-11(10)18)21-8-15(24)22-16-7-14(23-25-16)17(2,3)4/h5-7,9,21H,8H2,1-4H3,(H,22,24)/t9-/m1/s1. The Kier molecular flexibility index (Phi) is 6.08. The van der Waals surface area contributed by atoms with Crippen LogP contribution in [0.4, 0.5) is 10.3 Å². The quantitative estimate of drug-likeness (QED) is 0.729. The second-order valence-corrected chi connectivity index (χ2v) is 7.58. The van der Waals surface area contributed by atoms with E-state index in [0.29, 0.717) is 10.6 Å². The highest BCUT2D eigenvalue weighted by atomic mass is 35.5. The normalized spacial score (nSPS) is 12.9. The number of hydrogen-bond donors (Lipinski definition) is 2. The summed E-state index contributed by atoms with van der Waals surface area (Å²) in [5.41, 5.74) is 1.09. The van der Waals surface area contributed by atoms with Crippen LogP contribution in [0, 0.1) is 5.82 Å². The van der Waals surface area contributed by atoms with Gasteiger partial charge in [-0.15, -0.1) is 0 Å². The fraction of sp³-hybridized carbons (Fsp3) is 0.412. The first-order valence-corrected chi connectivity index (χ1v) is 8.48. The van der Waals surface area contributed by atoms with Gasteiger partial charge in [0.15, 0.2) is 0 Å². The van der Waals surface area contributed by atoms with Crippen LogP contribution >= 0.6 is 23.2 Å². The van der Waals surface area contributed by atoms with Gasteiger partial charge in [0, 0.05) is 22.5 Å². The second kappa shape index (κ2) is 7.72. The van der Waals surface area contributed by atoms with Crippen molar-refractivity contribution in [1.29, 1.82) is 0 Å². The molecule has 0 aliphatic carbocycles. The summed E-state index contributed by atoms with van der Waals surface area (Å²) < 4.78 is 18.7. The minimum atomic E-state index is -0.560. The van der Waals surface area contributed by atoms with Crippen molar-refractivity contribution in [2.45, 2.75) is 39.2 Å². The summed E-state index contributed by atoms with van der Waals surface area (Å²) in [4.78, 5) is 12.0. The summed E-state index contributed by atoms with van der Waals surface area (Å²) in [7, 11) is 0. The van der Waals surface area contributed by atoms with Crippen LogP contribution in [0.25, 0.3) is 0 Å². The molecule has 136 valence electrons. The molecule has 1 atom stereocenters. The molecular weight excluding hydrogens is 368 g/mol. The first-order valence-electron chi connectivity index (χ1n) is 7.73. The lowest BCUT2D eigenvalue weighted by molar-refractivity contribution is -0.115. The third-order valence-electron chi connectivity index (χ3n) is 3.62. The number of halogens is 3. The zero-order valence-electron chi connectivity index (χ0n) is 14.4. The number of nitrogens with zero attached hydrogens (tertiary/aromatic N) is 1. The number of hydrogen-bond acceptors (Lipinski definition) is 4.